The summed E-state index contributed by atoms with van der Waals surface area (Å²) in [4.78, 5) is 25.7. The predicted molar refractivity (Wildman–Crippen MR) is 80.9 cm³/mol. The van der Waals surface area contributed by atoms with Crippen molar-refractivity contribution < 1.29 is 19.4 Å². The van der Waals surface area contributed by atoms with E-state index >= 15 is 0 Å². The van der Waals surface area contributed by atoms with Crippen LogP contribution in [-0.2, 0) is 19.7 Å². The lowest BCUT2D eigenvalue weighted by Crippen LogP contribution is -2.56. The number of carbonyl (C=O) groups is 2. The zero-order valence-electron chi connectivity index (χ0n) is 12.1. The van der Waals surface area contributed by atoms with Gasteiger partial charge in [0.05, 0.1) is 18.6 Å². The van der Waals surface area contributed by atoms with Crippen molar-refractivity contribution in [2.75, 3.05) is 19.7 Å². The van der Waals surface area contributed by atoms with Crippen LogP contribution in [0.1, 0.15) is 24.8 Å². The molecule has 1 aromatic carbocycles. The molecular formula is C16H18ClNO4. The van der Waals surface area contributed by atoms with Crippen LogP contribution in [0.15, 0.2) is 24.3 Å². The van der Waals surface area contributed by atoms with E-state index in [2.05, 4.69) is 0 Å². The van der Waals surface area contributed by atoms with Crippen molar-refractivity contribution in [3.63, 3.8) is 0 Å². The molecule has 2 aliphatic rings. The highest BCUT2D eigenvalue weighted by Gasteiger charge is 2.48. The van der Waals surface area contributed by atoms with Crippen LogP contribution in [0, 0.1) is 0 Å². The molecule has 1 atom stereocenters. The van der Waals surface area contributed by atoms with Gasteiger partial charge in [0.15, 0.2) is 6.10 Å². The minimum absolute atomic E-state index is 0.00984. The number of morpholine rings is 1. The van der Waals surface area contributed by atoms with Crippen LogP contribution in [0.25, 0.3) is 0 Å². The first-order valence-corrected chi connectivity index (χ1v) is 7.80. The molecule has 5 nitrogen and oxygen atoms in total. The number of carbonyl (C=O) groups excluding carboxylic acids is 1. The molecule has 1 aromatic rings. The van der Waals surface area contributed by atoms with E-state index in [1.807, 2.05) is 12.1 Å². The maximum atomic E-state index is 13.0. The molecule has 1 N–H and O–H groups in total. The Bertz CT molecular complexity index is 582. The molecule has 0 bridgehead atoms. The van der Waals surface area contributed by atoms with E-state index in [4.69, 9.17) is 21.4 Å². The van der Waals surface area contributed by atoms with Crippen molar-refractivity contribution in [1.82, 2.24) is 4.90 Å². The first kappa shape index (κ1) is 15.3. The lowest BCUT2D eigenvalue weighted by atomic mass is 9.63. The Morgan fingerprint density at radius 3 is 2.50 bits per heavy atom. The number of halogens is 1. The fraction of sp³-hybridized carbons (Fsp3) is 0.500. The molecule has 22 heavy (non-hydrogen) atoms. The highest BCUT2D eigenvalue weighted by molar-refractivity contribution is 6.30. The fourth-order valence-electron chi connectivity index (χ4n) is 3.21. The van der Waals surface area contributed by atoms with Gasteiger partial charge in [0.2, 0.25) is 5.91 Å². The summed E-state index contributed by atoms with van der Waals surface area (Å²) in [5.41, 5.74) is 0.442. The van der Waals surface area contributed by atoms with Crippen LogP contribution >= 0.6 is 11.6 Å². The Morgan fingerprint density at radius 1 is 1.27 bits per heavy atom. The molecule has 6 heteroatoms. The molecule has 1 amide bonds. The van der Waals surface area contributed by atoms with Crippen LogP contribution in [0.3, 0.4) is 0 Å². The molecule has 118 valence electrons. The summed E-state index contributed by atoms with van der Waals surface area (Å²) < 4.78 is 5.19. The summed E-state index contributed by atoms with van der Waals surface area (Å²) in [6, 6.07) is 7.39. The Kier molecular flexibility index (Phi) is 4.10. The van der Waals surface area contributed by atoms with Gasteiger partial charge in [-0.1, -0.05) is 30.2 Å². The SMILES string of the molecule is O=C(O)C1CN(C(=O)C2(c3ccc(Cl)cc3)CCC2)CCO1. The Hall–Kier alpha value is -1.59. The highest BCUT2D eigenvalue weighted by Crippen LogP contribution is 2.45. The van der Waals surface area contributed by atoms with E-state index in [1.54, 1.807) is 17.0 Å². The number of aliphatic carboxylic acids is 1. The second-order valence-electron chi connectivity index (χ2n) is 5.89. The number of hydrogen-bond donors (Lipinski definition) is 1. The third-order valence-electron chi connectivity index (χ3n) is 4.64. The summed E-state index contributed by atoms with van der Waals surface area (Å²) in [6.45, 7) is 0.820. The van der Waals surface area contributed by atoms with Gasteiger partial charge < -0.3 is 14.7 Å². The summed E-state index contributed by atoms with van der Waals surface area (Å²) in [7, 11) is 0. The van der Waals surface area contributed by atoms with Crippen molar-refractivity contribution in [2.24, 2.45) is 0 Å². The summed E-state index contributed by atoms with van der Waals surface area (Å²) in [6.07, 6.45) is 1.66. The van der Waals surface area contributed by atoms with Crippen molar-refractivity contribution >= 4 is 23.5 Å². The second-order valence-corrected chi connectivity index (χ2v) is 6.33. The van der Waals surface area contributed by atoms with Crippen molar-refractivity contribution in [1.29, 1.82) is 0 Å². The normalized spacial score (nSPS) is 23.7. The van der Waals surface area contributed by atoms with Crippen LogP contribution in [0.4, 0.5) is 0 Å². The molecule has 1 heterocycles. The van der Waals surface area contributed by atoms with Crippen LogP contribution in [0.2, 0.25) is 5.02 Å². The average Bonchev–Trinajstić information content (AvgIpc) is 2.48. The fourth-order valence-corrected chi connectivity index (χ4v) is 3.34. The van der Waals surface area contributed by atoms with Gasteiger partial charge in [-0.05, 0) is 30.5 Å². The number of ether oxygens (including phenoxy) is 1. The van der Waals surface area contributed by atoms with Gasteiger partial charge in [-0.3, -0.25) is 4.79 Å². The van der Waals surface area contributed by atoms with E-state index in [1.165, 1.54) is 0 Å². The number of rotatable bonds is 3. The Balaban J connectivity index is 1.82. The molecule has 1 aliphatic heterocycles. The zero-order chi connectivity index (χ0) is 15.7. The van der Waals surface area contributed by atoms with Gasteiger partial charge in [0, 0.05) is 11.6 Å². The van der Waals surface area contributed by atoms with E-state index in [0.717, 1.165) is 24.8 Å². The molecule has 0 spiro atoms. The smallest absolute Gasteiger partial charge is 0.334 e. The van der Waals surface area contributed by atoms with Crippen molar-refractivity contribution in [3.05, 3.63) is 34.9 Å². The van der Waals surface area contributed by atoms with E-state index in [0.29, 0.717) is 11.6 Å². The molecule has 1 aliphatic carbocycles. The maximum Gasteiger partial charge on any atom is 0.334 e. The van der Waals surface area contributed by atoms with Crippen LogP contribution in [-0.4, -0.2) is 47.7 Å². The lowest BCUT2D eigenvalue weighted by molar-refractivity contribution is -0.162. The first-order chi connectivity index (χ1) is 10.5. The molecule has 1 saturated heterocycles. The Morgan fingerprint density at radius 2 is 1.95 bits per heavy atom. The van der Waals surface area contributed by atoms with Gasteiger partial charge >= 0.3 is 5.97 Å². The van der Waals surface area contributed by atoms with E-state index in [9.17, 15) is 9.59 Å². The van der Waals surface area contributed by atoms with Gasteiger partial charge in [-0.25, -0.2) is 4.79 Å². The number of nitrogens with zero attached hydrogens (tertiary/aromatic N) is 1. The molecule has 0 aromatic heterocycles. The number of carboxylic acids is 1. The summed E-state index contributed by atoms with van der Waals surface area (Å²) in [5, 5.41) is 9.72. The van der Waals surface area contributed by atoms with Gasteiger partial charge in [-0.2, -0.15) is 0 Å². The van der Waals surface area contributed by atoms with Gasteiger partial charge in [-0.15, -0.1) is 0 Å². The largest absolute Gasteiger partial charge is 0.479 e. The van der Waals surface area contributed by atoms with Gasteiger partial charge in [0.25, 0.3) is 0 Å². The third-order valence-corrected chi connectivity index (χ3v) is 4.89. The molecule has 2 fully saturated rings. The summed E-state index contributed by atoms with van der Waals surface area (Å²) in [5.74, 6) is -1.01. The number of benzene rings is 1. The topological polar surface area (TPSA) is 66.8 Å². The van der Waals surface area contributed by atoms with E-state index < -0.39 is 17.5 Å². The predicted octanol–water partition coefficient (Wildman–Crippen LogP) is 2.07. The van der Waals surface area contributed by atoms with E-state index in [-0.39, 0.29) is 19.1 Å². The standard InChI is InChI=1S/C16H18ClNO4/c17-12-4-2-11(3-5-12)16(6-1-7-16)15(21)18-8-9-22-13(10-18)14(19)20/h2-5,13H,1,6-10H2,(H,19,20). The first-order valence-electron chi connectivity index (χ1n) is 7.43. The highest BCUT2D eigenvalue weighted by atomic mass is 35.5. The molecular weight excluding hydrogens is 306 g/mol. The van der Waals surface area contributed by atoms with Crippen LogP contribution in [0.5, 0.6) is 0 Å². The van der Waals surface area contributed by atoms with Crippen molar-refractivity contribution in [2.45, 2.75) is 30.8 Å². The minimum atomic E-state index is -1.02. The molecule has 0 radical (unpaired) electrons. The minimum Gasteiger partial charge on any atom is -0.479 e. The third kappa shape index (κ3) is 2.59. The average molecular weight is 324 g/mol. The monoisotopic (exact) mass is 323 g/mol. The molecule has 3 rings (SSSR count). The second kappa shape index (κ2) is 5.89. The lowest BCUT2D eigenvalue weighted by Gasteiger charge is -2.45. The number of carboxylic acid groups (broad SMARTS) is 1. The van der Waals surface area contributed by atoms with Gasteiger partial charge in [0.1, 0.15) is 0 Å². The quantitative estimate of drug-likeness (QED) is 0.924. The van der Waals surface area contributed by atoms with Crippen molar-refractivity contribution in [3.8, 4) is 0 Å². The van der Waals surface area contributed by atoms with Crippen LogP contribution < -0.4 is 0 Å². The number of amides is 1. The Labute approximate surface area is 133 Å². The molecule has 1 unspecified atom stereocenters. The zero-order valence-corrected chi connectivity index (χ0v) is 12.9. The number of hydrogen-bond acceptors (Lipinski definition) is 3. The maximum absolute atomic E-state index is 13.0. The molecule has 1 saturated carbocycles. The summed E-state index contributed by atoms with van der Waals surface area (Å²) >= 11 is 5.93.